The van der Waals surface area contributed by atoms with Crippen molar-refractivity contribution in [3.63, 3.8) is 0 Å². The van der Waals surface area contributed by atoms with Gasteiger partial charge in [-0.2, -0.15) is 0 Å². The Kier molecular flexibility index (Phi) is 5.13. The molecule has 1 aliphatic rings. The number of anilines is 2. The normalized spacial score (nSPS) is 14.5. The van der Waals surface area contributed by atoms with E-state index in [1.807, 2.05) is 31.2 Å². The number of benzene rings is 1. The van der Waals surface area contributed by atoms with Gasteiger partial charge in [0.25, 0.3) is 0 Å². The number of aryl methyl sites for hydroxylation is 2. The van der Waals surface area contributed by atoms with E-state index in [1.165, 1.54) is 4.88 Å². The summed E-state index contributed by atoms with van der Waals surface area (Å²) in [7, 11) is 0. The summed E-state index contributed by atoms with van der Waals surface area (Å²) in [6, 6.07) is 7.79. The smallest absolute Gasteiger partial charge is 0.361 e. The van der Waals surface area contributed by atoms with Crippen LogP contribution in [0.3, 0.4) is 0 Å². The SMILES string of the molecule is CCOC(=O)c1nnc2ccccc2c1N1CCN(c2nc(C)c(C)s2)CC1. The number of piperazine rings is 1. The van der Waals surface area contributed by atoms with E-state index in [2.05, 4.69) is 31.9 Å². The minimum absolute atomic E-state index is 0.287. The van der Waals surface area contributed by atoms with Gasteiger partial charge in [0.1, 0.15) is 0 Å². The Hall–Kier alpha value is -2.74. The highest BCUT2D eigenvalue weighted by Crippen LogP contribution is 2.31. The van der Waals surface area contributed by atoms with Gasteiger partial charge in [0, 0.05) is 36.4 Å². The van der Waals surface area contributed by atoms with Crippen molar-refractivity contribution in [3.8, 4) is 0 Å². The van der Waals surface area contributed by atoms with Crippen LogP contribution in [0.4, 0.5) is 10.8 Å². The minimum atomic E-state index is -0.427. The van der Waals surface area contributed by atoms with Crippen molar-refractivity contribution < 1.29 is 9.53 Å². The van der Waals surface area contributed by atoms with Gasteiger partial charge in [0.15, 0.2) is 10.8 Å². The Labute approximate surface area is 168 Å². The van der Waals surface area contributed by atoms with Gasteiger partial charge >= 0.3 is 5.97 Å². The molecule has 0 atom stereocenters. The first-order chi connectivity index (χ1) is 13.6. The van der Waals surface area contributed by atoms with Crippen LogP contribution in [0.5, 0.6) is 0 Å². The number of carbonyl (C=O) groups is 1. The second-order valence-electron chi connectivity index (χ2n) is 6.75. The molecule has 28 heavy (non-hydrogen) atoms. The van der Waals surface area contributed by atoms with Gasteiger partial charge in [0.05, 0.1) is 23.5 Å². The summed E-state index contributed by atoms with van der Waals surface area (Å²) in [6.45, 7) is 9.49. The summed E-state index contributed by atoms with van der Waals surface area (Å²) in [5, 5.41) is 10.4. The molecule has 0 radical (unpaired) electrons. The molecule has 7 nitrogen and oxygen atoms in total. The van der Waals surface area contributed by atoms with Gasteiger partial charge in [-0.25, -0.2) is 9.78 Å². The number of rotatable bonds is 4. The number of aromatic nitrogens is 3. The highest BCUT2D eigenvalue weighted by molar-refractivity contribution is 7.15. The maximum atomic E-state index is 12.5. The molecule has 0 aliphatic carbocycles. The summed E-state index contributed by atoms with van der Waals surface area (Å²) >= 11 is 1.73. The topological polar surface area (TPSA) is 71.5 Å². The van der Waals surface area contributed by atoms with Crippen LogP contribution < -0.4 is 9.80 Å². The van der Waals surface area contributed by atoms with E-state index in [1.54, 1.807) is 18.3 Å². The van der Waals surface area contributed by atoms with Gasteiger partial charge in [-0.3, -0.25) is 0 Å². The molecule has 0 bridgehead atoms. The monoisotopic (exact) mass is 397 g/mol. The molecular formula is C20H23N5O2S. The first kappa shape index (κ1) is 18.6. The highest BCUT2D eigenvalue weighted by Gasteiger charge is 2.27. The van der Waals surface area contributed by atoms with Crippen molar-refractivity contribution in [3.05, 3.63) is 40.5 Å². The average Bonchev–Trinajstić information content (AvgIpc) is 3.06. The molecule has 3 heterocycles. The van der Waals surface area contributed by atoms with Gasteiger partial charge in [-0.15, -0.1) is 21.5 Å². The van der Waals surface area contributed by atoms with Crippen molar-refractivity contribution in [1.82, 2.24) is 15.2 Å². The predicted molar refractivity (Wildman–Crippen MR) is 112 cm³/mol. The Morgan fingerprint density at radius 2 is 1.82 bits per heavy atom. The quantitative estimate of drug-likeness (QED) is 0.626. The number of fused-ring (bicyclic) bond motifs is 1. The zero-order chi connectivity index (χ0) is 19.7. The van der Waals surface area contributed by atoms with Gasteiger partial charge in [-0.1, -0.05) is 18.2 Å². The number of thiazole rings is 1. The number of nitrogens with zero attached hydrogens (tertiary/aromatic N) is 5. The molecule has 0 unspecified atom stereocenters. The fourth-order valence-electron chi connectivity index (χ4n) is 3.41. The Morgan fingerprint density at radius 1 is 1.11 bits per heavy atom. The number of carbonyl (C=O) groups excluding carboxylic acids is 1. The first-order valence-corrected chi connectivity index (χ1v) is 10.3. The van der Waals surface area contributed by atoms with Crippen LogP contribution in [0, 0.1) is 13.8 Å². The van der Waals surface area contributed by atoms with Gasteiger partial charge in [0.2, 0.25) is 0 Å². The number of hydrogen-bond acceptors (Lipinski definition) is 8. The van der Waals surface area contributed by atoms with Gasteiger partial charge < -0.3 is 14.5 Å². The number of hydrogen-bond donors (Lipinski definition) is 0. The summed E-state index contributed by atoms with van der Waals surface area (Å²) in [5.74, 6) is -0.427. The highest BCUT2D eigenvalue weighted by atomic mass is 32.1. The third-order valence-electron chi connectivity index (χ3n) is 4.99. The van der Waals surface area contributed by atoms with E-state index in [0.29, 0.717) is 6.61 Å². The van der Waals surface area contributed by atoms with Crippen LogP contribution in [0.25, 0.3) is 10.9 Å². The van der Waals surface area contributed by atoms with E-state index < -0.39 is 5.97 Å². The lowest BCUT2D eigenvalue weighted by atomic mass is 10.1. The lowest BCUT2D eigenvalue weighted by Gasteiger charge is -2.36. The van der Waals surface area contributed by atoms with Crippen LogP contribution in [0.15, 0.2) is 24.3 Å². The molecule has 0 N–H and O–H groups in total. The van der Waals surface area contributed by atoms with Crippen molar-refractivity contribution in [2.75, 3.05) is 42.6 Å². The second kappa shape index (κ2) is 7.71. The largest absolute Gasteiger partial charge is 0.461 e. The third-order valence-corrected chi connectivity index (χ3v) is 6.13. The molecule has 0 amide bonds. The molecule has 1 saturated heterocycles. The fraction of sp³-hybridized carbons (Fsp3) is 0.400. The number of esters is 1. The van der Waals surface area contributed by atoms with Gasteiger partial charge in [-0.05, 0) is 26.8 Å². The Bertz CT molecular complexity index is 991. The lowest BCUT2D eigenvalue weighted by molar-refractivity contribution is 0.0519. The average molecular weight is 398 g/mol. The van der Waals surface area contributed by atoms with Crippen molar-refractivity contribution in [1.29, 1.82) is 0 Å². The third kappa shape index (κ3) is 3.40. The summed E-state index contributed by atoms with van der Waals surface area (Å²) < 4.78 is 5.23. The van der Waals surface area contributed by atoms with Crippen molar-refractivity contribution >= 4 is 39.0 Å². The van der Waals surface area contributed by atoms with Crippen LogP contribution in [-0.4, -0.2) is 53.9 Å². The Morgan fingerprint density at radius 3 is 2.50 bits per heavy atom. The molecule has 3 aromatic rings. The predicted octanol–water partition coefficient (Wildman–Crippen LogP) is 3.21. The van der Waals surface area contributed by atoms with E-state index in [4.69, 9.17) is 4.74 Å². The molecular weight excluding hydrogens is 374 g/mol. The molecule has 4 rings (SSSR count). The Balaban J connectivity index is 1.65. The summed E-state index contributed by atoms with van der Waals surface area (Å²) in [5.41, 5.74) is 2.97. The molecule has 1 fully saturated rings. The zero-order valence-electron chi connectivity index (χ0n) is 16.3. The van der Waals surface area contributed by atoms with Crippen LogP contribution >= 0.6 is 11.3 Å². The second-order valence-corrected chi connectivity index (χ2v) is 7.93. The maximum absolute atomic E-state index is 12.5. The maximum Gasteiger partial charge on any atom is 0.361 e. The standard InChI is InChI=1S/C20H23N5O2S/c1-4-27-19(26)17-18(15-7-5-6-8-16(15)22-23-17)24-9-11-25(12-10-24)20-21-13(2)14(3)28-20/h5-8H,4,9-12H2,1-3H3. The van der Waals surface area contributed by atoms with Crippen LogP contribution in [-0.2, 0) is 4.74 Å². The van der Waals surface area contributed by atoms with Crippen molar-refractivity contribution in [2.24, 2.45) is 0 Å². The van der Waals surface area contributed by atoms with E-state index in [0.717, 1.165) is 53.6 Å². The lowest BCUT2D eigenvalue weighted by Crippen LogP contribution is -2.47. The molecule has 1 aromatic carbocycles. The van der Waals surface area contributed by atoms with Crippen LogP contribution in [0.1, 0.15) is 28.0 Å². The summed E-state index contributed by atoms with van der Waals surface area (Å²) in [4.78, 5) is 23.0. The van der Waals surface area contributed by atoms with E-state index >= 15 is 0 Å². The molecule has 0 saturated carbocycles. The molecule has 0 spiro atoms. The first-order valence-electron chi connectivity index (χ1n) is 9.45. The molecule has 2 aromatic heterocycles. The molecule has 1 aliphatic heterocycles. The van der Waals surface area contributed by atoms with E-state index in [9.17, 15) is 4.79 Å². The fourth-order valence-corrected chi connectivity index (χ4v) is 4.37. The van der Waals surface area contributed by atoms with E-state index in [-0.39, 0.29) is 5.69 Å². The zero-order valence-corrected chi connectivity index (χ0v) is 17.1. The van der Waals surface area contributed by atoms with Crippen LogP contribution in [0.2, 0.25) is 0 Å². The summed E-state index contributed by atoms with van der Waals surface area (Å²) in [6.07, 6.45) is 0. The van der Waals surface area contributed by atoms with Crippen molar-refractivity contribution in [2.45, 2.75) is 20.8 Å². The minimum Gasteiger partial charge on any atom is -0.461 e. The molecule has 146 valence electrons. The number of ether oxygens (including phenoxy) is 1. The molecule has 8 heteroatoms.